The predicted molar refractivity (Wildman–Crippen MR) is 109 cm³/mol. The van der Waals surface area contributed by atoms with Crippen molar-refractivity contribution in [3.05, 3.63) is 76.0 Å². The van der Waals surface area contributed by atoms with E-state index >= 15 is 0 Å². The molecule has 0 unspecified atom stereocenters. The van der Waals surface area contributed by atoms with Crippen LogP contribution in [-0.2, 0) is 6.54 Å². The lowest BCUT2D eigenvalue weighted by atomic mass is 10.2. The zero-order valence-corrected chi connectivity index (χ0v) is 15.2. The van der Waals surface area contributed by atoms with E-state index in [-0.39, 0.29) is 12.1 Å². The average Bonchev–Trinajstić information content (AvgIpc) is 3.10. The number of benzene rings is 2. The molecule has 126 valence electrons. The summed E-state index contributed by atoms with van der Waals surface area (Å²) in [4.78, 5) is 19.5. The van der Waals surface area contributed by atoms with Crippen LogP contribution in [0.2, 0.25) is 5.02 Å². The molecule has 0 aliphatic carbocycles. The summed E-state index contributed by atoms with van der Waals surface area (Å²) in [6, 6.07) is 19.1. The quantitative estimate of drug-likeness (QED) is 0.467. The third-order valence-electron chi connectivity index (χ3n) is 4.06. The first-order chi connectivity index (χ1) is 12.7. The lowest BCUT2D eigenvalue weighted by molar-refractivity contribution is 0.796. The molecule has 0 saturated carbocycles. The van der Waals surface area contributed by atoms with Crippen molar-refractivity contribution in [1.29, 1.82) is 0 Å². The first-order valence-corrected chi connectivity index (χ1v) is 9.16. The third-order valence-corrected chi connectivity index (χ3v) is 5.39. The van der Waals surface area contributed by atoms with Crippen LogP contribution >= 0.6 is 22.9 Å². The highest BCUT2D eigenvalue weighted by atomic mass is 35.5. The molecule has 0 fully saturated rings. The van der Waals surface area contributed by atoms with E-state index in [4.69, 9.17) is 23.0 Å². The lowest BCUT2D eigenvalue weighted by Crippen LogP contribution is -2.22. The van der Waals surface area contributed by atoms with Gasteiger partial charge < -0.3 is 0 Å². The van der Waals surface area contributed by atoms with E-state index in [2.05, 4.69) is 5.92 Å². The third kappa shape index (κ3) is 2.92. The van der Waals surface area contributed by atoms with E-state index in [9.17, 15) is 4.79 Å². The Morgan fingerprint density at radius 1 is 1.08 bits per heavy atom. The van der Waals surface area contributed by atoms with Gasteiger partial charge in [-0.05, 0) is 35.9 Å². The van der Waals surface area contributed by atoms with Crippen molar-refractivity contribution in [2.75, 3.05) is 0 Å². The van der Waals surface area contributed by atoms with Crippen molar-refractivity contribution < 1.29 is 0 Å². The summed E-state index contributed by atoms with van der Waals surface area (Å²) in [5.74, 6) is 3.10. The first-order valence-electron chi connectivity index (χ1n) is 7.96. The normalized spacial score (nSPS) is 10.8. The first kappa shape index (κ1) is 16.6. The minimum Gasteiger partial charge on any atom is -0.280 e. The van der Waals surface area contributed by atoms with Crippen LogP contribution in [0.15, 0.2) is 65.5 Å². The van der Waals surface area contributed by atoms with Gasteiger partial charge in [0.25, 0.3) is 5.56 Å². The average molecular weight is 377 g/mol. The van der Waals surface area contributed by atoms with Gasteiger partial charge in [0.05, 0.1) is 11.9 Å². The lowest BCUT2D eigenvalue weighted by Gasteiger charge is -2.09. The number of thiophene rings is 1. The van der Waals surface area contributed by atoms with Crippen LogP contribution in [0, 0.1) is 12.3 Å². The number of fused-ring (bicyclic) bond motifs is 1. The van der Waals surface area contributed by atoms with Crippen LogP contribution < -0.4 is 5.56 Å². The Morgan fingerprint density at radius 2 is 1.81 bits per heavy atom. The van der Waals surface area contributed by atoms with Crippen LogP contribution in [0.1, 0.15) is 0 Å². The minimum absolute atomic E-state index is 0.128. The number of halogens is 1. The maximum absolute atomic E-state index is 13.0. The van der Waals surface area contributed by atoms with Gasteiger partial charge in [-0.1, -0.05) is 47.9 Å². The zero-order valence-electron chi connectivity index (χ0n) is 13.6. The molecule has 0 spiro atoms. The highest BCUT2D eigenvalue weighted by Crippen LogP contribution is 2.32. The van der Waals surface area contributed by atoms with Gasteiger partial charge in [0, 0.05) is 15.5 Å². The second-order valence-electron chi connectivity index (χ2n) is 5.73. The second-order valence-corrected chi connectivity index (χ2v) is 7.20. The standard InChI is InChI=1S/C21H13ClN2OS/c1-2-12-24-19(15-8-10-16(22)11-9-15)23-20-17(21(24)25)13-18(26-20)14-6-4-3-5-7-14/h1,3-11,13H,12H2. The van der Waals surface area contributed by atoms with Crippen molar-refractivity contribution in [3.63, 3.8) is 0 Å². The number of rotatable bonds is 3. The van der Waals surface area contributed by atoms with E-state index in [1.807, 2.05) is 48.5 Å². The van der Waals surface area contributed by atoms with E-state index in [0.29, 0.717) is 21.1 Å². The van der Waals surface area contributed by atoms with Crippen LogP contribution in [0.5, 0.6) is 0 Å². The summed E-state index contributed by atoms with van der Waals surface area (Å²) in [7, 11) is 0. The zero-order chi connectivity index (χ0) is 18.1. The molecule has 0 saturated heterocycles. The summed E-state index contributed by atoms with van der Waals surface area (Å²) < 4.78 is 1.53. The molecular weight excluding hydrogens is 364 g/mol. The van der Waals surface area contributed by atoms with Gasteiger partial charge in [-0.15, -0.1) is 17.8 Å². The molecule has 0 amide bonds. The van der Waals surface area contributed by atoms with Crippen LogP contribution in [0.3, 0.4) is 0 Å². The summed E-state index contributed by atoms with van der Waals surface area (Å²) in [6.07, 6.45) is 5.48. The fourth-order valence-electron chi connectivity index (χ4n) is 2.82. The van der Waals surface area contributed by atoms with Gasteiger partial charge in [0.2, 0.25) is 0 Å². The maximum Gasteiger partial charge on any atom is 0.263 e. The fraction of sp³-hybridized carbons (Fsp3) is 0.0476. The molecule has 2 aromatic heterocycles. The SMILES string of the molecule is C#CCn1c(-c2ccc(Cl)cc2)nc2sc(-c3ccccc3)cc2c1=O. The molecule has 2 aromatic carbocycles. The molecule has 2 heterocycles. The van der Waals surface area contributed by atoms with E-state index in [1.165, 1.54) is 15.9 Å². The Bertz CT molecular complexity index is 1190. The second kappa shape index (κ2) is 6.80. The van der Waals surface area contributed by atoms with Gasteiger partial charge in [0.1, 0.15) is 10.7 Å². The number of nitrogens with zero attached hydrogens (tertiary/aromatic N) is 2. The molecular formula is C21H13ClN2OS. The summed E-state index contributed by atoms with van der Waals surface area (Å²) in [5, 5.41) is 1.21. The Morgan fingerprint density at radius 3 is 2.50 bits per heavy atom. The minimum atomic E-state index is -0.128. The number of terminal acetylenes is 1. The molecule has 0 atom stereocenters. The van der Waals surface area contributed by atoms with Gasteiger partial charge in [0.15, 0.2) is 0 Å². The topological polar surface area (TPSA) is 34.9 Å². The van der Waals surface area contributed by atoms with Crippen molar-refractivity contribution >= 4 is 33.2 Å². The van der Waals surface area contributed by atoms with Crippen molar-refractivity contribution in [3.8, 4) is 34.2 Å². The molecule has 0 N–H and O–H groups in total. The van der Waals surface area contributed by atoms with Crippen molar-refractivity contribution in [1.82, 2.24) is 9.55 Å². The predicted octanol–water partition coefficient (Wildman–Crippen LogP) is 5.08. The summed E-state index contributed by atoms with van der Waals surface area (Å²) in [5.41, 5.74) is 1.74. The van der Waals surface area contributed by atoms with Gasteiger partial charge in [-0.25, -0.2) is 4.98 Å². The van der Waals surface area contributed by atoms with Crippen LogP contribution in [0.25, 0.3) is 32.0 Å². The monoisotopic (exact) mass is 376 g/mol. The molecule has 0 aliphatic rings. The number of aromatic nitrogens is 2. The molecule has 3 nitrogen and oxygen atoms in total. The molecule has 0 aliphatic heterocycles. The van der Waals surface area contributed by atoms with E-state index in [0.717, 1.165) is 16.0 Å². The molecule has 4 rings (SSSR count). The number of hydrogen-bond acceptors (Lipinski definition) is 3. The maximum atomic E-state index is 13.0. The van der Waals surface area contributed by atoms with Crippen LogP contribution in [0.4, 0.5) is 0 Å². The highest BCUT2D eigenvalue weighted by molar-refractivity contribution is 7.21. The smallest absolute Gasteiger partial charge is 0.263 e. The molecule has 0 bridgehead atoms. The van der Waals surface area contributed by atoms with Crippen molar-refractivity contribution in [2.24, 2.45) is 0 Å². The Labute approximate surface area is 159 Å². The molecule has 4 aromatic rings. The van der Waals surface area contributed by atoms with E-state index < -0.39 is 0 Å². The Balaban J connectivity index is 1.97. The Hall–Kier alpha value is -2.87. The molecule has 5 heteroatoms. The fourth-order valence-corrected chi connectivity index (χ4v) is 3.97. The van der Waals surface area contributed by atoms with Gasteiger partial charge >= 0.3 is 0 Å². The largest absolute Gasteiger partial charge is 0.280 e. The van der Waals surface area contributed by atoms with Crippen LogP contribution in [-0.4, -0.2) is 9.55 Å². The van der Waals surface area contributed by atoms with Gasteiger partial charge in [-0.3, -0.25) is 9.36 Å². The molecule has 26 heavy (non-hydrogen) atoms. The summed E-state index contributed by atoms with van der Waals surface area (Å²) in [6.45, 7) is 0.163. The Kier molecular flexibility index (Phi) is 4.34. The summed E-state index contributed by atoms with van der Waals surface area (Å²) >= 11 is 7.48. The van der Waals surface area contributed by atoms with Gasteiger partial charge in [-0.2, -0.15) is 0 Å². The van der Waals surface area contributed by atoms with E-state index in [1.54, 1.807) is 12.1 Å². The van der Waals surface area contributed by atoms with Crippen molar-refractivity contribution in [2.45, 2.75) is 6.54 Å². The number of hydrogen-bond donors (Lipinski definition) is 0. The molecule has 0 radical (unpaired) electrons. The highest BCUT2D eigenvalue weighted by Gasteiger charge is 2.15.